The van der Waals surface area contributed by atoms with E-state index in [1.165, 1.54) is 76.7 Å². The molecule has 0 aliphatic carbocycles. The maximum absolute atomic E-state index is 2.45. The van der Waals surface area contributed by atoms with Gasteiger partial charge in [-0.2, -0.15) is 4.57 Å². The van der Waals surface area contributed by atoms with Gasteiger partial charge in [0.1, 0.15) is 0 Å². The van der Waals surface area contributed by atoms with Crippen LogP contribution in [0.15, 0.2) is 182 Å². The molecule has 1 heteroatoms. The predicted molar refractivity (Wildman–Crippen MR) is 194 cm³/mol. The summed E-state index contributed by atoms with van der Waals surface area (Å²) in [7, 11) is 0. The van der Waals surface area contributed by atoms with Gasteiger partial charge < -0.3 is 0 Å². The Balaban J connectivity index is 1.47. The normalized spacial score (nSPS) is 11.5. The van der Waals surface area contributed by atoms with E-state index < -0.39 is 0 Å². The second kappa shape index (κ2) is 10.8. The molecule has 0 aliphatic rings. The van der Waals surface area contributed by atoms with Crippen LogP contribution in [0.25, 0.3) is 82.4 Å². The van der Waals surface area contributed by atoms with Gasteiger partial charge in [0.05, 0.1) is 10.8 Å². The van der Waals surface area contributed by atoms with Crippen molar-refractivity contribution in [1.82, 2.24) is 0 Å². The van der Waals surface area contributed by atoms with Crippen molar-refractivity contribution in [3.8, 4) is 39.1 Å². The van der Waals surface area contributed by atoms with Gasteiger partial charge in [-0.05, 0) is 73.6 Å². The van der Waals surface area contributed by atoms with E-state index in [-0.39, 0.29) is 0 Å². The Hall–Kier alpha value is -6.05. The fourth-order valence-corrected chi connectivity index (χ4v) is 7.16. The molecule has 9 aromatic rings. The molecule has 0 saturated carbocycles. The van der Waals surface area contributed by atoms with Crippen LogP contribution in [0.2, 0.25) is 0 Å². The minimum absolute atomic E-state index is 1.15. The third kappa shape index (κ3) is 4.29. The van der Waals surface area contributed by atoms with Crippen LogP contribution in [0.5, 0.6) is 0 Å². The van der Waals surface area contributed by atoms with Crippen molar-refractivity contribution in [1.29, 1.82) is 0 Å². The highest BCUT2D eigenvalue weighted by Crippen LogP contribution is 2.42. The lowest BCUT2D eigenvalue weighted by atomic mass is 9.88. The van der Waals surface area contributed by atoms with Gasteiger partial charge in [-0.1, -0.05) is 133 Å². The van der Waals surface area contributed by atoms with Crippen molar-refractivity contribution in [2.75, 3.05) is 0 Å². The van der Waals surface area contributed by atoms with Crippen molar-refractivity contribution < 1.29 is 4.57 Å². The Kier molecular flexibility index (Phi) is 6.21. The molecule has 0 aliphatic heterocycles. The molecule has 0 N–H and O–H groups in total. The summed E-state index contributed by atoms with van der Waals surface area (Å²) in [6.45, 7) is 0. The maximum atomic E-state index is 2.45. The zero-order valence-electron chi connectivity index (χ0n) is 25.3. The molecule has 1 aromatic heterocycles. The van der Waals surface area contributed by atoms with Crippen LogP contribution in [0.3, 0.4) is 0 Å². The number of hydrogen-bond acceptors (Lipinski definition) is 0. The largest absolute Gasteiger partial charge is 0.220 e. The second-order valence-electron chi connectivity index (χ2n) is 11.9. The van der Waals surface area contributed by atoms with Gasteiger partial charge in [0.2, 0.25) is 16.7 Å². The Labute approximate surface area is 268 Å². The third-order valence-corrected chi connectivity index (χ3v) is 9.27. The van der Waals surface area contributed by atoms with E-state index in [0.717, 1.165) is 5.69 Å². The molecule has 0 spiro atoms. The third-order valence-electron chi connectivity index (χ3n) is 9.27. The summed E-state index contributed by atoms with van der Waals surface area (Å²) in [5.41, 5.74) is 10.9. The van der Waals surface area contributed by atoms with Crippen molar-refractivity contribution >= 4 is 43.4 Å². The SMILES string of the molecule is c1ccc(-c2ccc3c(ccc4c3c(-c3ccccc3)c3c5ccc(-c6ccccc6)cc5ccc3[n+]4-c3ccccc3)c2)cc1. The monoisotopic (exact) mass is 584 g/mol. The molecular formula is C45H30N+. The highest BCUT2D eigenvalue weighted by Gasteiger charge is 2.26. The number of para-hydroxylation sites is 1. The Bertz CT molecular complexity index is 2400. The average molecular weight is 585 g/mol. The minimum Gasteiger partial charge on any atom is -0.153 e. The van der Waals surface area contributed by atoms with Gasteiger partial charge in [-0.3, -0.25) is 0 Å². The molecule has 46 heavy (non-hydrogen) atoms. The maximum Gasteiger partial charge on any atom is 0.220 e. The molecule has 0 amide bonds. The Morgan fingerprint density at radius 2 is 0.717 bits per heavy atom. The molecule has 1 nitrogen and oxygen atoms in total. The van der Waals surface area contributed by atoms with Crippen LogP contribution in [-0.2, 0) is 0 Å². The molecule has 0 atom stereocenters. The Morgan fingerprint density at radius 1 is 0.304 bits per heavy atom. The quantitative estimate of drug-likeness (QED) is 0.110. The van der Waals surface area contributed by atoms with Crippen LogP contribution in [0, 0.1) is 0 Å². The summed E-state index contributed by atoms with van der Waals surface area (Å²) >= 11 is 0. The zero-order chi connectivity index (χ0) is 30.5. The molecule has 8 aromatic carbocycles. The van der Waals surface area contributed by atoms with Crippen LogP contribution < -0.4 is 4.57 Å². The van der Waals surface area contributed by atoms with Gasteiger partial charge in [0, 0.05) is 29.8 Å². The van der Waals surface area contributed by atoms with Crippen molar-refractivity contribution in [3.05, 3.63) is 182 Å². The zero-order valence-corrected chi connectivity index (χ0v) is 25.3. The first kappa shape index (κ1) is 26.4. The fraction of sp³-hybridized carbons (Fsp3) is 0. The average Bonchev–Trinajstić information content (AvgIpc) is 3.14. The number of aromatic nitrogens is 1. The summed E-state index contributed by atoms with van der Waals surface area (Å²) in [4.78, 5) is 0. The van der Waals surface area contributed by atoms with Crippen molar-refractivity contribution in [2.45, 2.75) is 0 Å². The van der Waals surface area contributed by atoms with Crippen molar-refractivity contribution in [3.63, 3.8) is 0 Å². The van der Waals surface area contributed by atoms with Crippen LogP contribution in [0.4, 0.5) is 0 Å². The summed E-state index contributed by atoms with van der Waals surface area (Å²) in [6.07, 6.45) is 0. The summed E-state index contributed by atoms with van der Waals surface area (Å²) in [5.74, 6) is 0. The number of pyridine rings is 1. The van der Waals surface area contributed by atoms with E-state index in [9.17, 15) is 0 Å². The molecule has 0 radical (unpaired) electrons. The molecule has 0 unspecified atom stereocenters. The first-order chi connectivity index (χ1) is 22.8. The van der Waals surface area contributed by atoms with E-state index in [0.29, 0.717) is 0 Å². The van der Waals surface area contributed by atoms with E-state index in [4.69, 9.17) is 0 Å². The highest BCUT2D eigenvalue weighted by molar-refractivity contribution is 6.24. The highest BCUT2D eigenvalue weighted by atomic mass is 15.0. The number of nitrogens with zero attached hydrogens (tertiary/aromatic N) is 1. The predicted octanol–water partition coefficient (Wildman–Crippen LogP) is 11.6. The molecule has 1 heterocycles. The van der Waals surface area contributed by atoms with E-state index in [1.54, 1.807) is 0 Å². The summed E-state index contributed by atoms with van der Waals surface area (Å²) in [5, 5.41) is 7.49. The molecule has 0 saturated heterocycles. The number of benzene rings is 8. The Morgan fingerprint density at radius 3 is 1.17 bits per heavy atom. The molecule has 214 valence electrons. The van der Waals surface area contributed by atoms with Crippen LogP contribution in [0.1, 0.15) is 0 Å². The lowest BCUT2D eigenvalue weighted by Crippen LogP contribution is -2.33. The van der Waals surface area contributed by atoms with Gasteiger partial charge in [-0.15, -0.1) is 0 Å². The lowest BCUT2D eigenvalue weighted by Gasteiger charge is -2.17. The molecular weight excluding hydrogens is 555 g/mol. The number of fused-ring (bicyclic) bond motifs is 6. The second-order valence-corrected chi connectivity index (χ2v) is 11.9. The van der Waals surface area contributed by atoms with E-state index >= 15 is 0 Å². The molecule has 0 bridgehead atoms. The molecule has 0 fully saturated rings. The standard InChI is InChI=1S/C45H30N/c1-5-13-31(14-6-1)34-21-25-39-36(29-34)23-27-41-44(39)43(33-17-9-3-10-18-33)45-40-26-22-35(32-15-7-2-8-16-32)30-37(40)24-28-42(45)46(41)38-19-11-4-12-20-38/h1-30H/q+1. The fourth-order valence-electron chi connectivity index (χ4n) is 7.16. The topological polar surface area (TPSA) is 3.88 Å². The molecule has 9 rings (SSSR count). The smallest absolute Gasteiger partial charge is 0.153 e. The summed E-state index contributed by atoms with van der Waals surface area (Å²) < 4.78 is 2.45. The van der Waals surface area contributed by atoms with Gasteiger partial charge in [-0.25, -0.2) is 0 Å². The van der Waals surface area contributed by atoms with E-state index in [1.807, 2.05) is 0 Å². The van der Waals surface area contributed by atoms with E-state index in [2.05, 4.69) is 187 Å². The number of rotatable bonds is 4. The van der Waals surface area contributed by atoms with Gasteiger partial charge >= 0.3 is 0 Å². The first-order valence-corrected chi connectivity index (χ1v) is 15.9. The van der Waals surface area contributed by atoms with Crippen molar-refractivity contribution in [2.24, 2.45) is 0 Å². The van der Waals surface area contributed by atoms with Crippen LogP contribution in [-0.4, -0.2) is 0 Å². The van der Waals surface area contributed by atoms with Gasteiger partial charge in [0.25, 0.3) is 0 Å². The number of hydrogen-bond donors (Lipinski definition) is 0. The van der Waals surface area contributed by atoms with Gasteiger partial charge in [0.15, 0.2) is 0 Å². The minimum atomic E-state index is 1.15. The van der Waals surface area contributed by atoms with Crippen LogP contribution >= 0.6 is 0 Å². The summed E-state index contributed by atoms with van der Waals surface area (Å²) in [6, 6.07) is 66.1. The lowest BCUT2D eigenvalue weighted by molar-refractivity contribution is -0.537. The first-order valence-electron chi connectivity index (χ1n) is 15.9.